The van der Waals surface area contributed by atoms with Gasteiger partial charge < -0.3 is 14.2 Å². The molecule has 1 aliphatic carbocycles. The molecule has 0 aromatic carbocycles. The van der Waals surface area contributed by atoms with Gasteiger partial charge in [-0.1, -0.05) is 6.08 Å². The van der Waals surface area contributed by atoms with Gasteiger partial charge in [-0.2, -0.15) is 0 Å². The summed E-state index contributed by atoms with van der Waals surface area (Å²) in [4.78, 5) is 13.4. The Hall–Kier alpha value is -1.33. The zero-order valence-electron chi connectivity index (χ0n) is 10.7. The van der Waals surface area contributed by atoms with Crippen molar-refractivity contribution in [2.24, 2.45) is 0 Å². The second-order valence-corrected chi connectivity index (χ2v) is 4.01. The SMILES string of the molecule is COC1=C(OC(=O)CN(C)C)C(OC)CC=C1. The highest BCUT2D eigenvalue weighted by molar-refractivity contribution is 5.73. The van der Waals surface area contributed by atoms with Crippen LogP contribution in [0.4, 0.5) is 0 Å². The predicted octanol–water partition coefficient (Wildman–Crippen LogP) is 0.924. The molecule has 0 aromatic rings. The first-order valence-electron chi connectivity index (χ1n) is 5.41. The third kappa shape index (κ3) is 3.87. The van der Waals surface area contributed by atoms with Gasteiger partial charge in [0.2, 0.25) is 0 Å². The van der Waals surface area contributed by atoms with Crippen LogP contribution in [0.3, 0.4) is 0 Å². The fourth-order valence-electron chi connectivity index (χ4n) is 1.55. The van der Waals surface area contributed by atoms with Crippen LogP contribution in [0.2, 0.25) is 0 Å². The van der Waals surface area contributed by atoms with E-state index in [1.54, 1.807) is 32.2 Å². The number of rotatable bonds is 5. The van der Waals surface area contributed by atoms with Crippen LogP contribution in [0, 0.1) is 0 Å². The number of hydrogen-bond acceptors (Lipinski definition) is 5. The number of esters is 1. The summed E-state index contributed by atoms with van der Waals surface area (Å²) < 4.78 is 15.7. The van der Waals surface area contributed by atoms with Gasteiger partial charge in [-0.15, -0.1) is 0 Å². The Bertz CT molecular complexity index is 333. The Morgan fingerprint density at radius 3 is 2.71 bits per heavy atom. The van der Waals surface area contributed by atoms with E-state index >= 15 is 0 Å². The maximum Gasteiger partial charge on any atom is 0.325 e. The van der Waals surface area contributed by atoms with Crippen LogP contribution < -0.4 is 0 Å². The summed E-state index contributed by atoms with van der Waals surface area (Å²) >= 11 is 0. The van der Waals surface area contributed by atoms with Crippen LogP contribution >= 0.6 is 0 Å². The monoisotopic (exact) mass is 241 g/mol. The second-order valence-electron chi connectivity index (χ2n) is 4.01. The van der Waals surface area contributed by atoms with Crippen LogP contribution in [0.15, 0.2) is 23.7 Å². The molecule has 0 saturated carbocycles. The van der Waals surface area contributed by atoms with E-state index < -0.39 is 0 Å². The molecule has 1 atom stereocenters. The van der Waals surface area contributed by atoms with E-state index in [2.05, 4.69) is 0 Å². The van der Waals surface area contributed by atoms with Crippen molar-refractivity contribution in [3.05, 3.63) is 23.7 Å². The molecule has 0 bridgehead atoms. The molecular formula is C12H19NO4. The number of likely N-dealkylation sites (N-methyl/N-ethyl adjacent to an activating group) is 1. The normalized spacial score (nSPS) is 19.7. The topological polar surface area (TPSA) is 48.0 Å². The highest BCUT2D eigenvalue weighted by Crippen LogP contribution is 2.23. The first-order chi connectivity index (χ1) is 8.08. The summed E-state index contributed by atoms with van der Waals surface area (Å²) in [6.45, 7) is 0.223. The van der Waals surface area contributed by atoms with Crippen molar-refractivity contribution >= 4 is 5.97 Å². The third-order valence-electron chi connectivity index (χ3n) is 2.33. The molecule has 0 fully saturated rings. The number of allylic oxidation sites excluding steroid dienone is 1. The lowest BCUT2D eigenvalue weighted by molar-refractivity contribution is -0.142. The van der Waals surface area contributed by atoms with Gasteiger partial charge >= 0.3 is 5.97 Å². The van der Waals surface area contributed by atoms with Gasteiger partial charge in [-0.05, 0) is 26.6 Å². The largest absolute Gasteiger partial charge is 0.493 e. The van der Waals surface area contributed by atoms with Crippen molar-refractivity contribution in [3.8, 4) is 0 Å². The molecule has 96 valence electrons. The summed E-state index contributed by atoms with van der Waals surface area (Å²) in [5.41, 5.74) is 0. The highest BCUT2D eigenvalue weighted by Gasteiger charge is 2.24. The molecule has 0 N–H and O–H groups in total. The molecule has 17 heavy (non-hydrogen) atoms. The molecule has 0 aromatic heterocycles. The Balaban J connectivity index is 2.78. The summed E-state index contributed by atoms with van der Waals surface area (Å²) in [5, 5.41) is 0. The van der Waals surface area contributed by atoms with Crippen molar-refractivity contribution in [2.75, 3.05) is 34.9 Å². The lowest BCUT2D eigenvalue weighted by Crippen LogP contribution is -2.28. The van der Waals surface area contributed by atoms with Gasteiger partial charge in [0, 0.05) is 7.11 Å². The van der Waals surface area contributed by atoms with E-state index in [1.807, 2.05) is 6.08 Å². The van der Waals surface area contributed by atoms with Gasteiger partial charge in [-0.3, -0.25) is 9.69 Å². The maximum atomic E-state index is 11.6. The van der Waals surface area contributed by atoms with Crippen LogP contribution in [0.25, 0.3) is 0 Å². The molecule has 0 aliphatic heterocycles. The van der Waals surface area contributed by atoms with E-state index in [9.17, 15) is 4.79 Å². The standard InChI is InChI=1S/C12H19NO4/c1-13(2)8-11(14)17-12-9(15-3)6-5-7-10(12)16-4/h5-6,10H,7-8H2,1-4H3. The number of methoxy groups -OCH3 is 2. The van der Waals surface area contributed by atoms with E-state index in [4.69, 9.17) is 14.2 Å². The molecule has 1 rings (SSSR count). The predicted molar refractivity (Wildman–Crippen MR) is 63.2 cm³/mol. The quantitative estimate of drug-likeness (QED) is 0.670. The molecule has 0 radical (unpaired) electrons. The van der Waals surface area contributed by atoms with Crippen molar-refractivity contribution in [2.45, 2.75) is 12.5 Å². The molecule has 0 saturated heterocycles. The Kier molecular flexibility index (Phi) is 5.18. The lowest BCUT2D eigenvalue weighted by Gasteiger charge is -2.22. The minimum absolute atomic E-state index is 0.223. The van der Waals surface area contributed by atoms with Crippen molar-refractivity contribution in [3.63, 3.8) is 0 Å². The zero-order valence-corrected chi connectivity index (χ0v) is 10.7. The molecule has 0 heterocycles. The van der Waals surface area contributed by atoms with E-state index in [0.29, 0.717) is 17.9 Å². The number of carbonyl (C=O) groups is 1. The Labute approximate surface area is 102 Å². The third-order valence-corrected chi connectivity index (χ3v) is 2.33. The number of nitrogens with zero attached hydrogens (tertiary/aromatic N) is 1. The first kappa shape index (κ1) is 13.7. The number of hydrogen-bond donors (Lipinski definition) is 0. The molecular weight excluding hydrogens is 222 g/mol. The molecule has 5 nitrogen and oxygen atoms in total. The van der Waals surface area contributed by atoms with E-state index in [1.165, 1.54) is 7.11 Å². The van der Waals surface area contributed by atoms with Crippen LogP contribution in [0.1, 0.15) is 6.42 Å². The summed E-state index contributed by atoms with van der Waals surface area (Å²) in [5.74, 6) is 0.663. The molecule has 5 heteroatoms. The summed E-state index contributed by atoms with van der Waals surface area (Å²) in [6.07, 6.45) is 4.12. The average molecular weight is 241 g/mol. The van der Waals surface area contributed by atoms with Gasteiger partial charge in [0.05, 0.1) is 13.7 Å². The second kappa shape index (κ2) is 6.42. The Morgan fingerprint density at radius 1 is 1.47 bits per heavy atom. The van der Waals surface area contributed by atoms with E-state index in [0.717, 1.165) is 0 Å². The van der Waals surface area contributed by atoms with Gasteiger partial charge in [0.15, 0.2) is 11.5 Å². The first-order valence-corrected chi connectivity index (χ1v) is 5.41. The zero-order chi connectivity index (χ0) is 12.8. The van der Waals surface area contributed by atoms with Gasteiger partial charge in [-0.25, -0.2) is 0 Å². The lowest BCUT2D eigenvalue weighted by atomic mass is 10.1. The summed E-state index contributed by atoms with van der Waals surface area (Å²) in [6, 6.07) is 0. The van der Waals surface area contributed by atoms with E-state index in [-0.39, 0.29) is 18.6 Å². The fourth-order valence-corrected chi connectivity index (χ4v) is 1.55. The van der Waals surface area contributed by atoms with Crippen LogP contribution in [-0.4, -0.2) is 51.8 Å². The van der Waals surface area contributed by atoms with Crippen LogP contribution in [0.5, 0.6) is 0 Å². The van der Waals surface area contributed by atoms with Crippen molar-refractivity contribution < 1.29 is 19.0 Å². The van der Waals surface area contributed by atoms with Crippen molar-refractivity contribution in [1.29, 1.82) is 0 Å². The summed E-state index contributed by atoms with van der Waals surface area (Å²) in [7, 11) is 6.73. The molecule has 1 aliphatic rings. The minimum atomic E-state index is -0.322. The van der Waals surface area contributed by atoms with Crippen LogP contribution in [-0.2, 0) is 19.0 Å². The smallest absolute Gasteiger partial charge is 0.325 e. The maximum absolute atomic E-state index is 11.6. The number of carbonyl (C=O) groups excluding carboxylic acids is 1. The fraction of sp³-hybridized carbons (Fsp3) is 0.583. The highest BCUT2D eigenvalue weighted by atomic mass is 16.6. The van der Waals surface area contributed by atoms with Gasteiger partial charge in [0.25, 0.3) is 0 Å². The average Bonchev–Trinajstić information content (AvgIpc) is 2.28. The Morgan fingerprint density at radius 2 is 2.18 bits per heavy atom. The molecule has 0 amide bonds. The number of ether oxygens (including phenoxy) is 3. The molecule has 0 spiro atoms. The van der Waals surface area contributed by atoms with Gasteiger partial charge in [0.1, 0.15) is 6.10 Å². The molecule has 1 unspecified atom stereocenters. The van der Waals surface area contributed by atoms with Crippen molar-refractivity contribution in [1.82, 2.24) is 4.90 Å². The minimum Gasteiger partial charge on any atom is -0.493 e.